The number of thiophene rings is 1. The summed E-state index contributed by atoms with van der Waals surface area (Å²) in [5, 5.41) is 4.03. The molecule has 0 fully saturated rings. The maximum atomic E-state index is 12.8. The lowest BCUT2D eigenvalue weighted by Gasteiger charge is -2.24. The molecule has 2 heterocycles. The fraction of sp³-hybridized carbons (Fsp3) is 0.389. The van der Waals surface area contributed by atoms with E-state index in [4.69, 9.17) is 0 Å². The molecule has 2 aromatic rings. The van der Waals surface area contributed by atoms with Gasteiger partial charge in [0.25, 0.3) is 5.91 Å². The summed E-state index contributed by atoms with van der Waals surface area (Å²) in [4.78, 5) is 32.5. The highest BCUT2D eigenvalue weighted by atomic mass is 32.1. The van der Waals surface area contributed by atoms with Gasteiger partial charge in [0.05, 0.1) is 17.0 Å². The van der Waals surface area contributed by atoms with Crippen LogP contribution in [-0.2, 0) is 4.79 Å². The Kier molecular flexibility index (Phi) is 6.09. The number of pyridine rings is 1. The van der Waals surface area contributed by atoms with Gasteiger partial charge in [0.1, 0.15) is 6.54 Å². The van der Waals surface area contributed by atoms with Crippen LogP contribution >= 0.6 is 11.3 Å². The summed E-state index contributed by atoms with van der Waals surface area (Å²) >= 11 is 1.61. The summed E-state index contributed by atoms with van der Waals surface area (Å²) in [5.41, 5.74) is 3.14. The summed E-state index contributed by atoms with van der Waals surface area (Å²) in [7, 11) is 3.39. The number of amides is 2. The van der Waals surface area contributed by atoms with Crippen LogP contribution in [0.2, 0.25) is 0 Å². The largest absolute Gasteiger partial charge is 0.347 e. The van der Waals surface area contributed by atoms with Gasteiger partial charge in [-0.25, -0.2) is 0 Å². The van der Waals surface area contributed by atoms with Crippen molar-refractivity contribution in [1.29, 1.82) is 0 Å². The van der Waals surface area contributed by atoms with Gasteiger partial charge in [0, 0.05) is 31.6 Å². The third kappa shape index (κ3) is 4.20. The summed E-state index contributed by atoms with van der Waals surface area (Å²) in [6.45, 7) is 4.46. The van der Waals surface area contributed by atoms with Crippen molar-refractivity contribution in [1.82, 2.24) is 14.8 Å². The minimum Gasteiger partial charge on any atom is -0.347 e. The number of hydrogen-bond donors (Lipinski definition) is 0. The van der Waals surface area contributed by atoms with E-state index in [1.807, 2.05) is 36.7 Å². The Bertz CT molecular complexity index is 711. The molecule has 2 rings (SSSR count). The molecule has 5 nitrogen and oxygen atoms in total. The zero-order chi connectivity index (χ0) is 17.7. The van der Waals surface area contributed by atoms with Crippen molar-refractivity contribution in [3.63, 3.8) is 0 Å². The van der Waals surface area contributed by atoms with E-state index in [9.17, 15) is 9.59 Å². The van der Waals surface area contributed by atoms with Gasteiger partial charge in [-0.3, -0.25) is 14.6 Å². The maximum absolute atomic E-state index is 12.8. The molecule has 0 atom stereocenters. The normalized spacial score (nSPS) is 10.5. The highest BCUT2D eigenvalue weighted by Crippen LogP contribution is 2.22. The molecule has 0 spiro atoms. The predicted octanol–water partition coefficient (Wildman–Crippen LogP) is 3.06. The molecule has 0 aliphatic heterocycles. The summed E-state index contributed by atoms with van der Waals surface area (Å²) < 4.78 is 0. The van der Waals surface area contributed by atoms with Crippen molar-refractivity contribution in [3.05, 3.63) is 40.2 Å². The second-order valence-corrected chi connectivity index (χ2v) is 6.64. The van der Waals surface area contributed by atoms with Gasteiger partial charge >= 0.3 is 0 Å². The van der Waals surface area contributed by atoms with E-state index < -0.39 is 0 Å². The first-order valence-electron chi connectivity index (χ1n) is 7.93. The Hall–Kier alpha value is -2.21. The number of carbonyl (C=O) groups is 2. The first kappa shape index (κ1) is 18.1. The lowest BCUT2D eigenvalue weighted by Crippen LogP contribution is -2.41. The lowest BCUT2D eigenvalue weighted by atomic mass is 10.1. The van der Waals surface area contributed by atoms with Crippen LogP contribution in [0.3, 0.4) is 0 Å². The van der Waals surface area contributed by atoms with E-state index in [0.717, 1.165) is 17.7 Å². The summed E-state index contributed by atoms with van der Waals surface area (Å²) in [6, 6.07) is 5.67. The molecule has 0 N–H and O–H groups in total. The van der Waals surface area contributed by atoms with Crippen molar-refractivity contribution in [3.8, 4) is 11.3 Å². The molecule has 2 aromatic heterocycles. The van der Waals surface area contributed by atoms with Crippen LogP contribution in [0.1, 0.15) is 29.4 Å². The number of rotatable bonds is 6. The zero-order valence-corrected chi connectivity index (χ0v) is 15.4. The van der Waals surface area contributed by atoms with Crippen molar-refractivity contribution in [2.24, 2.45) is 0 Å². The van der Waals surface area contributed by atoms with Crippen molar-refractivity contribution in [2.75, 3.05) is 27.2 Å². The predicted molar refractivity (Wildman–Crippen MR) is 97.2 cm³/mol. The number of nitrogens with zero attached hydrogens (tertiary/aromatic N) is 3. The Morgan fingerprint density at radius 3 is 2.50 bits per heavy atom. The number of likely N-dealkylation sites (N-methyl/N-ethyl adjacent to an activating group) is 1. The minimum absolute atomic E-state index is 0.0858. The second kappa shape index (κ2) is 8.06. The third-order valence-corrected chi connectivity index (χ3v) is 4.42. The van der Waals surface area contributed by atoms with Gasteiger partial charge in [-0.1, -0.05) is 6.92 Å². The van der Waals surface area contributed by atoms with Gasteiger partial charge in [-0.2, -0.15) is 11.3 Å². The number of aromatic nitrogens is 1. The van der Waals surface area contributed by atoms with Crippen LogP contribution in [0.25, 0.3) is 11.3 Å². The van der Waals surface area contributed by atoms with E-state index in [1.54, 1.807) is 36.4 Å². The molecular weight excluding hydrogens is 322 g/mol. The molecule has 0 unspecified atom stereocenters. The number of carbonyl (C=O) groups excluding carboxylic acids is 2. The van der Waals surface area contributed by atoms with E-state index >= 15 is 0 Å². The van der Waals surface area contributed by atoms with Crippen molar-refractivity contribution >= 4 is 23.2 Å². The van der Waals surface area contributed by atoms with E-state index in [2.05, 4.69) is 4.98 Å². The molecule has 0 radical (unpaired) electrons. The lowest BCUT2D eigenvalue weighted by molar-refractivity contribution is -0.129. The van der Waals surface area contributed by atoms with Crippen LogP contribution < -0.4 is 0 Å². The molecule has 2 amide bonds. The topological polar surface area (TPSA) is 53.5 Å². The first-order chi connectivity index (χ1) is 11.4. The number of aryl methyl sites for hydroxylation is 1. The molecule has 0 bridgehead atoms. The van der Waals surface area contributed by atoms with Gasteiger partial charge in [-0.05, 0) is 36.9 Å². The number of hydrogen-bond acceptors (Lipinski definition) is 4. The van der Waals surface area contributed by atoms with Gasteiger partial charge in [0.15, 0.2) is 0 Å². The van der Waals surface area contributed by atoms with Crippen LogP contribution in [0.15, 0.2) is 29.0 Å². The molecule has 0 aliphatic rings. The van der Waals surface area contributed by atoms with E-state index in [0.29, 0.717) is 17.8 Å². The van der Waals surface area contributed by atoms with E-state index in [-0.39, 0.29) is 18.4 Å². The SMILES string of the molecule is CCCN(CC(=O)N(C)C)C(=O)c1ccc(-c2ccsc2)nc1C. The molecule has 6 heteroatoms. The first-order valence-corrected chi connectivity index (χ1v) is 8.88. The van der Waals surface area contributed by atoms with E-state index in [1.165, 1.54) is 4.90 Å². The monoisotopic (exact) mass is 345 g/mol. The molecule has 0 aliphatic carbocycles. The standard InChI is InChI=1S/C18H23N3O2S/c1-5-9-21(11-17(22)20(3)4)18(23)15-6-7-16(19-13(15)2)14-8-10-24-12-14/h6-8,10,12H,5,9,11H2,1-4H3. The molecule has 0 saturated heterocycles. The van der Waals surface area contributed by atoms with Crippen LogP contribution in [0.5, 0.6) is 0 Å². The van der Waals surface area contributed by atoms with Crippen molar-refractivity contribution < 1.29 is 9.59 Å². The Morgan fingerprint density at radius 2 is 1.96 bits per heavy atom. The van der Waals surface area contributed by atoms with Gasteiger partial charge < -0.3 is 9.80 Å². The average molecular weight is 345 g/mol. The quantitative estimate of drug-likeness (QED) is 0.808. The molecule has 0 aromatic carbocycles. The second-order valence-electron chi connectivity index (χ2n) is 5.86. The third-order valence-electron chi connectivity index (χ3n) is 3.74. The van der Waals surface area contributed by atoms with Crippen molar-refractivity contribution in [2.45, 2.75) is 20.3 Å². The Morgan fingerprint density at radius 1 is 1.21 bits per heavy atom. The highest BCUT2D eigenvalue weighted by Gasteiger charge is 2.21. The smallest absolute Gasteiger partial charge is 0.256 e. The Balaban J connectivity index is 2.24. The fourth-order valence-corrected chi connectivity index (χ4v) is 3.01. The summed E-state index contributed by atoms with van der Waals surface area (Å²) in [6.07, 6.45) is 0.798. The molecule has 24 heavy (non-hydrogen) atoms. The van der Waals surface area contributed by atoms with Crippen LogP contribution in [0, 0.1) is 6.92 Å². The molecular formula is C18H23N3O2S. The summed E-state index contributed by atoms with van der Waals surface area (Å²) in [5.74, 6) is -0.230. The van der Waals surface area contributed by atoms with Gasteiger partial charge in [-0.15, -0.1) is 0 Å². The Labute approximate surface area is 146 Å². The van der Waals surface area contributed by atoms with Crippen LogP contribution in [-0.4, -0.2) is 53.8 Å². The zero-order valence-electron chi connectivity index (χ0n) is 14.6. The maximum Gasteiger partial charge on any atom is 0.256 e. The molecule has 128 valence electrons. The van der Waals surface area contributed by atoms with Crippen LogP contribution in [0.4, 0.5) is 0 Å². The van der Waals surface area contributed by atoms with Gasteiger partial charge in [0.2, 0.25) is 5.91 Å². The minimum atomic E-state index is -0.145. The highest BCUT2D eigenvalue weighted by molar-refractivity contribution is 7.08. The fourth-order valence-electron chi connectivity index (χ4n) is 2.36. The average Bonchev–Trinajstić information content (AvgIpc) is 3.08. The molecule has 0 saturated carbocycles.